The van der Waals surface area contributed by atoms with Crippen LogP contribution in [0.3, 0.4) is 0 Å². The van der Waals surface area contributed by atoms with Crippen LogP contribution in [0.5, 0.6) is 0 Å². The van der Waals surface area contributed by atoms with Crippen LogP contribution in [0.15, 0.2) is 35.0 Å². The maximum Gasteiger partial charge on any atom is 0.277 e. The van der Waals surface area contributed by atoms with E-state index in [9.17, 15) is 10.1 Å². The Labute approximate surface area is 121 Å². The molecule has 1 rings (SSSR count). The second-order valence-electron chi connectivity index (χ2n) is 3.89. The summed E-state index contributed by atoms with van der Waals surface area (Å²) in [5.41, 5.74) is 0. The molecule has 0 aromatic rings. The van der Waals surface area contributed by atoms with Gasteiger partial charge in [-0.15, -0.1) is 0 Å². The van der Waals surface area contributed by atoms with E-state index in [1.165, 1.54) is 6.20 Å². The van der Waals surface area contributed by atoms with Crippen LogP contribution in [-0.4, -0.2) is 53.0 Å². The number of halogens is 1. The van der Waals surface area contributed by atoms with Crippen molar-refractivity contribution in [1.29, 1.82) is 0 Å². The van der Waals surface area contributed by atoms with Gasteiger partial charge in [-0.2, -0.15) is 0 Å². The summed E-state index contributed by atoms with van der Waals surface area (Å²) in [4.78, 5) is 17.5. The molecule has 1 fully saturated rings. The summed E-state index contributed by atoms with van der Waals surface area (Å²) >= 11 is 5.76. The minimum atomic E-state index is -0.715. The molecule has 110 valence electrons. The van der Waals surface area contributed by atoms with Crippen molar-refractivity contribution in [3.8, 4) is 0 Å². The highest BCUT2D eigenvalue weighted by Crippen LogP contribution is 2.07. The van der Waals surface area contributed by atoms with E-state index in [1.807, 2.05) is 6.08 Å². The van der Waals surface area contributed by atoms with Gasteiger partial charge in [0.1, 0.15) is 23.7 Å². The summed E-state index contributed by atoms with van der Waals surface area (Å²) < 4.78 is 5.28. The number of rotatable bonds is 6. The molecule has 9 heteroatoms. The number of guanidine groups is 1. The fraction of sp³-hybridized carbons (Fsp3) is 0.455. The van der Waals surface area contributed by atoms with Gasteiger partial charge in [0.05, 0.1) is 0 Å². The van der Waals surface area contributed by atoms with Crippen molar-refractivity contribution in [1.82, 2.24) is 9.80 Å². The van der Waals surface area contributed by atoms with E-state index < -0.39 is 5.03 Å². The molecule has 0 spiro atoms. The Morgan fingerprint density at radius 1 is 1.65 bits per heavy atom. The van der Waals surface area contributed by atoms with E-state index in [1.54, 1.807) is 22.9 Å². The van der Waals surface area contributed by atoms with E-state index >= 15 is 0 Å². The zero-order valence-corrected chi connectivity index (χ0v) is 11.9. The maximum atomic E-state index is 10.5. The molecule has 0 saturated carbocycles. The van der Waals surface area contributed by atoms with Crippen molar-refractivity contribution in [3.63, 3.8) is 0 Å². The van der Waals surface area contributed by atoms with Crippen LogP contribution in [0, 0.1) is 10.1 Å². The standard InChI is InChI=1S/C11H16ClN5O3/c1-3-13-10(12)6-4-5-7-16-9-20-8-15(2)11(16)14-17(18)19/h3-4,6H,1,5,7-9H2,2H3/b6-4-,13-10?,14-11+. The number of aliphatic imine (C=N–C) groups is 1. The van der Waals surface area contributed by atoms with Crippen molar-refractivity contribution >= 4 is 22.7 Å². The first-order valence-electron chi connectivity index (χ1n) is 5.82. The Hall–Kier alpha value is -1.93. The smallest absolute Gasteiger partial charge is 0.277 e. The molecular weight excluding hydrogens is 286 g/mol. The molecule has 0 atom stereocenters. The summed E-state index contributed by atoms with van der Waals surface area (Å²) in [6.45, 7) is 4.49. The molecule has 1 aliphatic rings. The quantitative estimate of drug-likeness (QED) is 0.421. The zero-order valence-electron chi connectivity index (χ0n) is 11.1. The molecule has 0 aromatic carbocycles. The van der Waals surface area contributed by atoms with Crippen LogP contribution in [0.1, 0.15) is 6.42 Å². The molecule has 0 aliphatic carbocycles. The first-order valence-corrected chi connectivity index (χ1v) is 6.20. The van der Waals surface area contributed by atoms with Crippen LogP contribution in [0.4, 0.5) is 0 Å². The van der Waals surface area contributed by atoms with Crippen LogP contribution < -0.4 is 0 Å². The van der Waals surface area contributed by atoms with E-state index in [0.29, 0.717) is 18.1 Å². The summed E-state index contributed by atoms with van der Waals surface area (Å²) in [5, 5.41) is 13.5. The van der Waals surface area contributed by atoms with Crippen molar-refractivity contribution in [2.24, 2.45) is 10.1 Å². The third-order valence-electron chi connectivity index (χ3n) is 2.36. The normalized spacial score (nSPS) is 18.9. The SMILES string of the molecule is C=CN=C(Cl)/C=C\CCN1COCN(C)/C1=N\[N+](=O)[O-]. The van der Waals surface area contributed by atoms with E-state index in [-0.39, 0.29) is 19.4 Å². The number of hydrogen-bond acceptors (Lipinski definition) is 4. The highest BCUT2D eigenvalue weighted by Gasteiger charge is 2.24. The molecule has 1 aliphatic heterocycles. The van der Waals surface area contributed by atoms with Gasteiger partial charge in [-0.05, 0) is 12.5 Å². The van der Waals surface area contributed by atoms with E-state index in [2.05, 4.69) is 16.7 Å². The molecule has 1 heterocycles. The molecule has 1 saturated heterocycles. The van der Waals surface area contributed by atoms with Crippen molar-refractivity contribution in [2.75, 3.05) is 27.1 Å². The summed E-state index contributed by atoms with van der Waals surface area (Å²) in [6.07, 6.45) is 5.43. The summed E-state index contributed by atoms with van der Waals surface area (Å²) in [6, 6.07) is 0. The van der Waals surface area contributed by atoms with E-state index in [4.69, 9.17) is 16.3 Å². The van der Waals surface area contributed by atoms with Crippen molar-refractivity contribution < 1.29 is 9.77 Å². The fourth-order valence-corrected chi connectivity index (χ4v) is 1.72. The predicted octanol–water partition coefficient (Wildman–Crippen LogP) is 1.44. The Bertz CT molecular complexity index is 449. The predicted molar refractivity (Wildman–Crippen MR) is 77.0 cm³/mol. The van der Waals surface area contributed by atoms with Gasteiger partial charge in [0, 0.05) is 19.8 Å². The second-order valence-corrected chi connectivity index (χ2v) is 4.27. The Morgan fingerprint density at radius 3 is 3.05 bits per heavy atom. The van der Waals surface area contributed by atoms with Gasteiger partial charge in [-0.1, -0.05) is 24.3 Å². The fourth-order valence-electron chi connectivity index (χ4n) is 1.56. The average Bonchev–Trinajstić information content (AvgIpc) is 2.38. The van der Waals surface area contributed by atoms with Gasteiger partial charge in [0.2, 0.25) is 0 Å². The van der Waals surface area contributed by atoms with Gasteiger partial charge >= 0.3 is 0 Å². The minimum Gasteiger partial charge on any atom is -0.341 e. The largest absolute Gasteiger partial charge is 0.341 e. The molecule has 0 unspecified atom stereocenters. The highest BCUT2D eigenvalue weighted by atomic mass is 35.5. The lowest BCUT2D eigenvalue weighted by atomic mass is 10.3. The summed E-state index contributed by atoms with van der Waals surface area (Å²) in [7, 11) is 1.68. The topological polar surface area (TPSA) is 83.6 Å². The maximum absolute atomic E-state index is 10.5. The van der Waals surface area contributed by atoms with Crippen LogP contribution >= 0.6 is 11.6 Å². The van der Waals surface area contributed by atoms with Gasteiger partial charge in [-0.25, -0.2) is 15.1 Å². The van der Waals surface area contributed by atoms with Crippen molar-refractivity contribution in [3.05, 3.63) is 35.0 Å². The van der Waals surface area contributed by atoms with Crippen LogP contribution in [0.2, 0.25) is 0 Å². The first-order chi connectivity index (χ1) is 9.54. The first kappa shape index (κ1) is 16.1. The molecule has 0 radical (unpaired) electrons. The molecule has 0 aromatic heterocycles. The number of hydrazone groups is 1. The lowest BCUT2D eigenvalue weighted by molar-refractivity contribution is -0.486. The monoisotopic (exact) mass is 301 g/mol. The highest BCUT2D eigenvalue weighted by molar-refractivity contribution is 6.68. The Kier molecular flexibility index (Phi) is 6.68. The van der Waals surface area contributed by atoms with Gasteiger partial charge in [0.25, 0.3) is 5.96 Å². The lowest BCUT2D eigenvalue weighted by Gasteiger charge is -2.34. The molecule has 20 heavy (non-hydrogen) atoms. The lowest BCUT2D eigenvalue weighted by Crippen LogP contribution is -2.50. The third kappa shape index (κ3) is 5.37. The Morgan fingerprint density at radius 2 is 2.40 bits per heavy atom. The van der Waals surface area contributed by atoms with Crippen molar-refractivity contribution in [2.45, 2.75) is 6.42 Å². The number of nitrogens with zero attached hydrogens (tertiary/aromatic N) is 5. The third-order valence-corrected chi connectivity index (χ3v) is 2.59. The summed E-state index contributed by atoms with van der Waals surface area (Å²) in [5.74, 6) is 0.278. The molecule has 8 nitrogen and oxygen atoms in total. The van der Waals surface area contributed by atoms with Crippen LogP contribution in [0.25, 0.3) is 0 Å². The van der Waals surface area contributed by atoms with E-state index in [0.717, 1.165) is 0 Å². The average molecular weight is 302 g/mol. The number of ether oxygens (including phenoxy) is 1. The Balaban J connectivity index is 2.58. The van der Waals surface area contributed by atoms with Gasteiger partial charge in [0.15, 0.2) is 5.03 Å². The molecule has 0 amide bonds. The minimum absolute atomic E-state index is 0.263. The number of hydrogen-bond donors (Lipinski definition) is 0. The number of allylic oxidation sites excluding steroid dienone is 1. The van der Waals surface area contributed by atoms with Crippen LogP contribution in [-0.2, 0) is 4.74 Å². The molecular formula is C11H16ClN5O3. The van der Waals surface area contributed by atoms with Gasteiger partial charge < -0.3 is 14.5 Å². The number of nitro groups is 1. The molecule has 0 bridgehead atoms. The molecule has 0 N–H and O–H groups in total. The van der Waals surface area contributed by atoms with Gasteiger partial charge in [-0.3, -0.25) is 0 Å². The second kappa shape index (κ2) is 8.28. The zero-order chi connectivity index (χ0) is 15.0.